The summed E-state index contributed by atoms with van der Waals surface area (Å²) in [5.41, 5.74) is 1.04. The Hall–Kier alpha value is -3.92. The maximum Gasteiger partial charge on any atom is 0.597 e. The van der Waals surface area contributed by atoms with Crippen LogP contribution in [0.5, 0.6) is 0 Å². The van der Waals surface area contributed by atoms with Crippen molar-refractivity contribution in [1.29, 1.82) is 0 Å². The summed E-state index contributed by atoms with van der Waals surface area (Å²) < 4.78 is 98.2. The molecule has 0 amide bonds. The highest BCUT2D eigenvalue weighted by molar-refractivity contribution is 6.86. The summed E-state index contributed by atoms with van der Waals surface area (Å²) in [5, 5.41) is 0. The Morgan fingerprint density at radius 1 is 0.667 bits per heavy atom. The molecule has 3 aromatic rings. The lowest BCUT2D eigenvalue weighted by atomic mass is 9.92. The first-order valence-corrected chi connectivity index (χ1v) is 18.0. The molecule has 48 heavy (non-hydrogen) atoms. The molecule has 4 rings (SSSR count). The molecule has 1 unspecified atom stereocenters. The quantitative estimate of drug-likeness (QED) is 0.126. The minimum absolute atomic E-state index is 0.0720. The second kappa shape index (κ2) is 13.9. The fraction of sp³-hybridized carbons (Fsp3) is 0.368. The number of hydrogen-bond acceptors (Lipinski definition) is 3. The number of allylic oxidation sites excluding steroid dienone is 3. The molecule has 0 radical (unpaired) electrons. The van der Waals surface area contributed by atoms with Crippen LogP contribution in [0.3, 0.4) is 0 Å². The largest absolute Gasteiger partial charge is 0.597 e. The van der Waals surface area contributed by atoms with Gasteiger partial charge in [-0.3, -0.25) is 4.57 Å². The predicted octanol–water partition coefficient (Wildman–Crippen LogP) is 12.5. The fourth-order valence-corrected chi connectivity index (χ4v) is 10.2. The number of hydrogen-bond donors (Lipinski definition) is 0. The van der Waals surface area contributed by atoms with Gasteiger partial charge in [-0.1, -0.05) is 117 Å². The summed E-state index contributed by atoms with van der Waals surface area (Å²) in [6.07, 6.45) is -7.01. The fourth-order valence-electron chi connectivity index (χ4n) is 6.55. The standard InChI is InChI=1S/C38H45F6N3Si/c1-23(2)30-18-14-19-31(24(3)4)34(30)45-27(9)22-28(10)46(35-32(25(5)6)20-15-21-33(35)26(7)8)48(45,44)47(29-16-12-11-13-17-29)36(37(39)40)38(41,42)43/h11-26H,9H2,1-8,10H3. The van der Waals surface area contributed by atoms with E-state index >= 15 is 26.1 Å². The van der Waals surface area contributed by atoms with Crippen LogP contribution in [-0.4, -0.2) is 15.1 Å². The molecule has 3 aromatic carbocycles. The molecule has 0 saturated heterocycles. The van der Waals surface area contributed by atoms with E-state index in [1.807, 2.05) is 91.8 Å². The molecular formula is C38H45F6N3Si. The van der Waals surface area contributed by atoms with Crippen LogP contribution in [0, 0.1) is 0 Å². The van der Waals surface area contributed by atoms with E-state index in [2.05, 4.69) is 6.58 Å². The van der Waals surface area contributed by atoms with E-state index < -0.39 is 26.8 Å². The van der Waals surface area contributed by atoms with Crippen LogP contribution in [0.1, 0.15) is 108 Å². The summed E-state index contributed by atoms with van der Waals surface area (Å²) in [5.74, 6) is -0.753. The van der Waals surface area contributed by atoms with Crippen molar-refractivity contribution >= 4 is 26.0 Å². The molecule has 1 aliphatic heterocycles. The molecule has 0 saturated carbocycles. The Bertz CT molecular complexity index is 1650. The normalized spacial score (nSPS) is 17.1. The summed E-state index contributed by atoms with van der Waals surface area (Å²) in [6.45, 7) is 21.2. The van der Waals surface area contributed by atoms with Gasteiger partial charge in [0.2, 0.25) is 0 Å². The Morgan fingerprint density at radius 3 is 1.42 bits per heavy atom. The van der Waals surface area contributed by atoms with Gasteiger partial charge < -0.3 is 9.13 Å². The first kappa shape index (κ1) is 36.9. The number of para-hydroxylation sites is 3. The van der Waals surface area contributed by atoms with Crippen LogP contribution in [0.15, 0.2) is 103 Å². The maximum atomic E-state index is 20.0. The van der Waals surface area contributed by atoms with Crippen LogP contribution < -0.4 is 13.7 Å². The minimum atomic E-state index is -5.84. The third kappa shape index (κ3) is 6.55. The van der Waals surface area contributed by atoms with Crippen molar-refractivity contribution in [2.75, 3.05) is 13.7 Å². The highest BCUT2D eigenvalue weighted by atomic mass is 28.4. The van der Waals surface area contributed by atoms with Crippen molar-refractivity contribution in [1.82, 2.24) is 0 Å². The first-order valence-electron chi connectivity index (χ1n) is 16.2. The summed E-state index contributed by atoms with van der Waals surface area (Å²) >= 11 is 0. The molecule has 258 valence electrons. The average molecular weight is 686 g/mol. The Kier molecular flexibility index (Phi) is 10.7. The molecule has 0 spiro atoms. The van der Waals surface area contributed by atoms with Crippen molar-refractivity contribution < 1.29 is 26.1 Å². The predicted molar refractivity (Wildman–Crippen MR) is 188 cm³/mol. The molecule has 0 N–H and O–H groups in total. The summed E-state index contributed by atoms with van der Waals surface area (Å²) in [4.78, 5) is 0. The SMILES string of the molecule is C=C1C=C(C)N(c2c(C(C)C)cccc2C(C)C)[Si](F)(N(C(=C(F)F)C(F)(F)F)c2ccccc2)N1c1c(C(C)C)cccc1C(C)C. The maximum absolute atomic E-state index is 20.0. The summed E-state index contributed by atoms with van der Waals surface area (Å²) in [7, 11) is -5.84. The highest BCUT2D eigenvalue weighted by Gasteiger charge is 2.65. The Labute approximate surface area is 282 Å². The molecule has 1 aliphatic rings. The Balaban J connectivity index is 2.37. The zero-order valence-electron chi connectivity index (χ0n) is 29.1. The number of alkyl halides is 3. The first-order chi connectivity index (χ1) is 22.3. The molecular weight excluding hydrogens is 641 g/mol. The Morgan fingerprint density at radius 2 is 1.06 bits per heavy atom. The number of anilines is 3. The smallest absolute Gasteiger partial charge is 0.311 e. The zero-order valence-corrected chi connectivity index (χ0v) is 30.1. The van der Waals surface area contributed by atoms with Gasteiger partial charge in [-0.25, -0.2) is 4.11 Å². The van der Waals surface area contributed by atoms with Crippen LogP contribution in [0.4, 0.5) is 43.1 Å². The lowest BCUT2D eigenvalue weighted by molar-refractivity contribution is -0.0958. The minimum Gasteiger partial charge on any atom is -0.311 e. The van der Waals surface area contributed by atoms with Crippen molar-refractivity contribution in [3.63, 3.8) is 0 Å². The number of benzene rings is 3. The van der Waals surface area contributed by atoms with Gasteiger partial charge in [0.15, 0.2) is 5.70 Å². The van der Waals surface area contributed by atoms with Gasteiger partial charge in [0.25, 0.3) is 6.08 Å². The van der Waals surface area contributed by atoms with Crippen molar-refractivity contribution in [2.24, 2.45) is 0 Å². The van der Waals surface area contributed by atoms with E-state index in [1.165, 1.54) is 33.4 Å². The van der Waals surface area contributed by atoms with E-state index in [0.29, 0.717) is 33.6 Å². The van der Waals surface area contributed by atoms with Gasteiger partial charge in [-0.2, -0.15) is 22.0 Å². The topological polar surface area (TPSA) is 9.72 Å². The monoisotopic (exact) mass is 685 g/mol. The molecule has 0 bridgehead atoms. The molecule has 0 aromatic heterocycles. The number of halogens is 6. The van der Waals surface area contributed by atoms with Gasteiger partial charge in [0, 0.05) is 28.5 Å². The van der Waals surface area contributed by atoms with Gasteiger partial charge in [0.05, 0.1) is 0 Å². The van der Waals surface area contributed by atoms with Gasteiger partial charge in [-0.15, -0.1) is 0 Å². The van der Waals surface area contributed by atoms with E-state index in [-0.39, 0.29) is 45.3 Å². The van der Waals surface area contributed by atoms with Crippen LogP contribution in [0.25, 0.3) is 0 Å². The zero-order chi connectivity index (χ0) is 35.9. The third-order valence-electron chi connectivity index (χ3n) is 8.69. The van der Waals surface area contributed by atoms with Crippen molar-refractivity contribution in [2.45, 2.75) is 92.2 Å². The lowest BCUT2D eigenvalue weighted by Gasteiger charge is -2.54. The van der Waals surface area contributed by atoms with Gasteiger partial charge in [0.1, 0.15) is 0 Å². The van der Waals surface area contributed by atoms with Crippen LogP contribution in [-0.2, 0) is 0 Å². The second-order valence-corrected chi connectivity index (χ2v) is 15.9. The van der Waals surface area contributed by atoms with E-state index in [9.17, 15) is 0 Å². The van der Waals surface area contributed by atoms with Crippen LogP contribution in [0.2, 0.25) is 0 Å². The third-order valence-corrected chi connectivity index (χ3v) is 12.0. The number of rotatable bonds is 9. The van der Waals surface area contributed by atoms with Gasteiger partial charge >= 0.3 is 15.1 Å². The van der Waals surface area contributed by atoms with Crippen molar-refractivity contribution in [3.05, 3.63) is 125 Å². The number of nitrogens with zero attached hydrogens (tertiary/aromatic N) is 3. The molecule has 1 atom stereocenters. The van der Waals surface area contributed by atoms with Crippen LogP contribution >= 0.6 is 0 Å². The molecule has 1 heterocycles. The molecule has 0 fully saturated rings. The lowest BCUT2D eigenvalue weighted by Crippen LogP contribution is -2.75. The van der Waals surface area contributed by atoms with E-state index in [4.69, 9.17) is 0 Å². The highest BCUT2D eigenvalue weighted by Crippen LogP contribution is 2.52. The van der Waals surface area contributed by atoms with Crippen molar-refractivity contribution in [3.8, 4) is 0 Å². The molecule has 10 heteroatoms. The average Bonchev–Trinajstić information content (AvgIpc) is 2.98. The molecule has 0 aliphatic carbocycles. The van der Waals surface area contributed by atoms with E-state index in [0.717, 1.165) is 0 Å². The second-order valence-electron chi connectivity index (χ2n) is 13.5. The summed E-state index contributed by atoms with van der Waals surface area (Å²) in [6, 6.07) is 17.8. The molecule has 3 nitrogen and oxygen atoms in total. The van der Waals surface area contributed by atoms with Gasteiger partial charge in [-0.05, 0) is 71.1 Å². The van der Waals surface area contributed by atoms with E-state index in [1.54, 1.807) is 19.1 Å².